The zero-order valence-corrected chi connectivity index (χ0v) is 15.6. The molecule has 4 aromatic rings. The number of aromatic nitrogens is 2. The molecule has 0 N–H and O–H groups in total. The van der Waals surface area contributed by atoms with Gasteiger partial charge in [-0.2, -0.15) is 13.2 Å². The molecule has 0 aliphatic rings. The van der Waals surface area contributed by atoms with Crippen LogP contribution in [0.3, 0.4) is 0 Å². The summed E-state index contributed by atoms with van der Waals surface area (Å²) >= 11 is 0. The fourth-order valence-corrected chi connectivity index (χ4v) is 3.34. The number of hydrogen-bond donors (Lipinski definition) is 0. The molecule has 2 aromatic heterocycles. The van der Waals surface area contributed by atoms with E-state index in [1.807, 2.05) is 36.5 Å². The van der Waals surface area contributed by atoms with Gasteiger partial charge in [0, 0.05) is 35.8 Å². The van der Waals surface area contributed by atoms with Gasteiger partial charge in [0.25, 0.3) is 0 Å². The van der Waals surface area contributed by atoms with Crippen LogP contribution in [0.15, 0.2) is 71.5 Å². The zero-order valence-electron chi connectivity index (χ0n) is 15.6. The van der Waals surface area contributed by atoms with Crippen molar-refractivity contribution in [3.05, 3.63) is 83.9 Å². The van der Waals surface area contributed by atoms with E-state index in [-0.39, 0.29) is 0 Å². The lowest BCUT2D eigenvalue weighted by atomic mass is 10.0. The number of fused-ring (bicyclic) bond motifs is 1. The average Bonchev–Trinajstić information content (AvgIpc) is 3.19. The Labute approximate surface area is 166 Å². The van der Waals surface area contributed by atoms with Crippen molar-refractivity contribution in [1.82, 2.24) is 10.1 Å². The quantitative estimate of drug-likeness (QED) is 0.350. The summed E-state index contributed by atoms with van der Waals surface area (Å²) in [6.07, 6.45) is 2.16. The molecule has 0 amide bonds. The van der Waals surface area contributed by atoms with E-state index >= 15 is 0 Å². The maximum absolute atomic E-state index is 12.8. The van der Waals surface area contributed by atoms with E-state index in [1.54, 1.807) is 12.3 Å². The van der Waals surface area contributed by atoms with E-state index in [0.717, 1.165) is 46.7 Å². The summed E-state index contributed by atoms with van der Waals surface area (Å²) in [5, 5.41) is 6.30. The van der Waals surface area contributed by atoms with Gasteiger partial charge in [-0.15, -0.1) is 0 Å². The van der Waals surface area contributed by atoms with Crippen molar-refractivity contribution in [3.63, 3.8) is 0 Å². The second-order valence-corrected chi connectivity index (χ2v) is 7.02. The van der Waals surface area contributed by atoms with Gasteiger partial charge in [0.05, 0.1) is 5.56 Å². The Hall–Kier alpha value is -3.15. The lowest BCUT2D eigenvalue weighted by Gasteiger charge is -2.08. The first-order chi connectivity index (χ1) is 14.0. The van der Waals surface area contributed by atoms with Gasteiger partial charge in [-0.05, 0) is 48.4 Å². The molecule has 2 heterocycles. The van der Waals surface area contributed by atoms with Crippen molar-refractivity contribution in [2.24, 2.45) is 0 Å². The normalized spacial score (nSPS) is 11.8. The molecule has 0 saturated heterocycles. The number of benzene rings is 2. The zero-order chi connectivity index (χ0) is 20.3. The first kappa shape index (κ1) is 19.2. The summed E-state index contributed by atoms with van der Waals surface area (Å²) in [6.45, 7) is 0. The second-order valence-electron chi connectivity index (χ2n) is 7.02. The van der Waals surface area contributed by atoms with Crippen molar-refractivity contribution >= 4 is 10.8 Å². The van der Waals surface area contributed by atoms with Crippen LogP contribution in [0.5, 0.6) is 0 Å². The largest absolute Gasteiger partial charge is 0.416 e. The Morgan fingerprint density at radius 2 is 1.72 bits per heavy atom. The van der Waals surface area contributed by atoms with Crippen LogP contribution in [0.25, 0.3) is 22.0 Å². The number of rotatable bonds is 6. The minimum atomic E-state index is -4.30. The fraction of sp³-hybridized carbons (Fsp3) is 0.217. The van der Waals surface area contributed by atoms with Crippen molar-refractivity contribution in [2.75, 3.05) is 0 Å². The smallest absolute Gasteiger partial charge is 0.361 e. The molecule has 0 saturated carbocycles. The average molecular weight is 396 g/mol. The van der Waals surface area contributed by atoms with Crippen LogP contribution in [0.2, 0.25) is 0 Å². The Bertz CT molecular complexity index is 1120. The highest BCUT2D eigenvalue weighted by Gasteiger charge is 2.30. The lowest BCUT2D eigenvalue weighted by molar-refractivity contribution is -0.137. The minimum Gasteiger partial charge on any atom is -0.361 e. The van der Waals surface area contributed by atoms with Crippen LogP contribution in [0.4, 0.5) is 13.2 Å². The molecule has 0 bridgehead atoms. The van der Waals surface area contributed by atoms with Crippen molar-refractivity contribution in [2.45, 2.75) is 31.9 Å². The van der Waals surface area contributed by atoms with Crippen LogP contribution in [-0.2, 0) is 19.0 Å². The van der Waals surface area contributed by atoms with Gasteiger partial charge in [-0.1, -0.05) is 35.5 Å². The van der Waals surface area contributed by atoms with Gasteiger partial charge in [0.1, 0.15) is 11.5 Å². The Balaban J connectivity index is 1.34. The van der Waals surface area contributed by atoms with Crippen molar-refractivity contribution in [3.8, 4) is 11.3 Å². The standard InChI is InChI=1S/C23H19F3N2O/c24-23(25,26)20-6-3-5-16(12-20)4-1-2-7-21-14-22(28-29-21)18-8-9-19-15-27-11-10-17(19)13-18/h3,5-6,8-15H,1-2,4,7H2. The predicted molar refractivity (Wildman–Crippen MR) is 105 cm³/mol. The molecular formula is C23H19F3N2O. The third-order valence-electron chi connectivity index (χ3n) is 4.89. The second kappa shape index (κ2) is 8.07. The van der Waals surface area contributed by atoms with E-state index in [2.05, 4.69) is 10.1 Å². The Morgan fingerprint density at radius 3 is 2.59 bits per heavy atom. The first-order valence-corrected chi connectivity index (χ1v) is 9.45. The van der Waals surface area contributed by atoms with Crippen LogP contribution < -0.4 is 0 Å². The molecule has 0 radical (unpaired) electrons. The van der Waals surface area contributed by atoms with E-state index in [0.29, 0.717) is 18.4 Å². The topological polar surface area (TPSA) is 38.9 Å². The summed E-state index contributed by atoms with van der Waals surface area (Å²) in [5.74, 6) is 0.777. The summed E-state index contributed by atoms with van der Waals surface area (Å²) in [7, 11) is 0. The van der Waals surface area contributed by atoms with Crippen LogP contribution in [0.1, 0.15) is 29.7 Å². The van der Waals surface area contributed by atoms with Gasteiger partial charge in [-0.3, -0.25) is 4.98 Å². The van der Waals surface area contributed by atoms with Crippen LogP contribution >= 0.6 is 0 Å². The summed E-state index contributed by atoms with van der Waals surface area (Å²) in [4.78, 5) is 4.11. The van der Waals surface area contributed by atoms with Gasteiger partial charge >= 0.3 is 6.18 Å². The summed E-state index contributed by atoms with van der Waals surface area (Å²) in [5.41, 5.74) is 1.85. The fourth-order valence-electron chi connectivity index (χ4n) is 3.34. The summed E-state index contributed by atoms with van der Waals surface area (Å²) in [6, 6.07) is 15.4. The highest BCUT2D eigenvalue weighted by atomic mass is 19.4. The number of nitrogens with zero attached hydrogens (tertiary/aromatic N) is 2. The molecule has 6 heteroatoms. The predicted octanol–water partition coefficient (Wildman–Crippen LogP) is 6.47. The highest BCUT2D eigenvalue weighted by molar-refractivity contribution is 5.85. The van der Waals surface area contributed by atoms with E-state index in [1.165, 1.54) is 12.1 Å². The lowest BCUT2D eigenvalue weighted by Crippen LogP contribution is -2.05. The SMILES string of the molecule is FC(F)(F)c1cccc(CCCCc2cc(-c3ccc4cnccc4c3)no2)c1. The van der Waals surface area contributed by atoms with E-state index in [9.17, 15) is 13.2 Å². The molecular weight excluding hydrogens is 377 g/mol. The molecule has 2 aromatic carbocycles. The molecule has 0 unspecified atom stereocenters. The molecule has 0 fully saturated rings. The number of alkyl halides is 3. The molecule has 3 nitrogen and oxygen atoms in total. The third-order valence-corrected chi connectivity index (χ3v) is 4.89. The van der Waals surface area contributed by atoms with Crippen molar-refractivity contribution < 1.29 is 17.7 Å². The van der Waals surface area contributed by atoms with E-state index < -0.39 is 11.7 Å². The molecule has 29 heavy (non-hydrogen) atoms. The molecule has 148 valence electrons. The van der Waals surface area contributed by atoms with Crippen molar-refractivity contribution in [1.29, 1.82) is 0 Å². The number of unbranched alkanes of at least 4 members (excludes halogenated alkanes) is 1. The van der Waals surface area contributed by atoms with Gasteiger partial charge in [0.15, 0.2) is 0 Å². The molecule has 0 atom stereocenters. The first-order valence-electron chi connectivity index (χ1n) is 9.45. The molecule has 0 aliphatic heterocycles. The number of halogens is 3. The van der Waals surface area contributed by atoms with Crippen LogP contribution in [-0.4, -0.2) is 10.1 Å². The van der Waals surface area contributed by atoms with Gasteiger partial charge < -0.3 is 4.52 Å². The van der Waals surface area contributed by atoms with Gasteiger partial charge in [-0.25, -0.2) is 0 Å². The van der Waals surface area contributed by atoms with Crippen LogP contribution in [0, 0.1) is 0 Å². The third kappa shape index (κ3) is 4.65. The maximum Gasteiger partial charge on any atom is 0.416 e. The highest BCUT2D eigenvalue weighted by Crippen LogP contribution is 2.30. The number of hydrogen-bond acceptors (Lipinski definition) is 3. The molecule has 0 spiro atoms. The molecule has 0 aliphatic carbocycles. The summed E-state index contributed by atoms with van der Waals surface area (Å²) < 4.78 is 43.8. The number of pyridine rings is 1. The maximum atomic E-state index is 12.8. The Kier molecular flexibility index (Phi) is 5.34. The number of aryl methyl sites for hydroxylation is 2. The Morgan fingerprint density at radius 1 is 0.862 bits per heavy atom. The van der Waals surface area contributed by atoms with E-state index in [4.69, 9.17) is 4.52 Å². The monoisotopic (exact) mass is 396 g/mol. The minimum absolute atomic E-state index is 0.596. The molecule has 4 rings (SSSR count). The van der Waals surface area contributed by atoms with Gasteiger partial charge in [0.2, 0.25) is 0 Å².